The Hall–Kier alpha value is -0.510. The quantitative estimate of drug-likeness (QED) is 0.549. The third kappa shape index (κ3) is 7.49. The van der Waals surface area contributed by atoms with Crippen LogP contribution in [0.3, 0.4) is 0 Å². The standard InChI is InChI=1S/C6H6.H2O2S/c1-2-4-6-5-3-1;1-3-2/h1-6H;1-2H. The predicted octanol–water partition coefficient (Wildman–Crippen LogP) is 2.35. The minimum Gasteiger partial charge on any atom is -0.307 e. The smallest absolute Gasteiger partial charge is 0.152 e. The Balaban J connectivity index is 0.000000187. The van der Waals surface area contributed by atoms with Crippen LogP contribution in [-0.2, 0) is 0 Å². The SMILES string of the molecule is OSO.c1ccccc1. The van der Waals surface area contributed by atoms with Crippen molar-refractivity contribution in [2.24, 2.45) is 0 Å². The molecule has 1 aromatic rings. The van der Waals surface area contributed by atoms with Crippen LogP contribution in [0.1, 0.15) is 0 Å². The Morgan fingerprint density at radius 1 is 0.667 bits per heavy atom. The van der Waals surface area contributed by atoms with Crippen molar-refractivity contribution in [1.82, 2.24) is 0 Å². The molecule has 0 saturated carbocycles. The Morgan fingerprint density at radius 2 is 0.778 bits per heavy atom. The highest BCUT2D eigenvalue weighted by Crippen LogP contribution is 1.79. The van der Waals surface area contributed by atoms with Gasteiger partial charge in [0.2, 0.25) is 0 Å². The molecule has 0 aliphatic heterocycles. The van der Waals surface area contributed by atoms with E-state index in [4.69, 9.17) is 9.11 Å². The highest BCUT2D eigenvalue weighted by atomic mass is 32.2. The van der Waals surface area contributed by atoms with Crippen LogP contribution in [0, 0.1) is 0 Å². The Morgan fingerprint density at radius 3 is 0.889 bits per heavy atom. The second kappa shape index (κ2) is 7.49. The molecule has 2 nitrogen and oxygen atoms in total. The van der Waals surface area contributed by atoms with E-state index in [1.54, 1.807) is 0 Å². The molecular formula is C6H8O2S. The molecule has 1 rings (SSSR count). The van der Waals surface area contributed by atoms with Crippen LogP contribution < -0.4 is 0 Å². The van der Waals surface area contributed by atoms with Gasteiger partial charge in [0.15, 0.2) is 12.3 Å². The molecule has 1 aromatic carbocycles. The van der Waals surface area contributed by atoms with Crippen molar-refractivity contribution >= 4 is 12.3 Å². The summed E-state index contributed by atoms with van der Waals surface area (Å²) >= 11 is -0.250. The van der Waals surface area contributed by atoms with Gasteiger partial charge in [-0.25, -0.2) is 0 Å². The third-order valence-corrected chi connectivity index (χ3v) is 0.667. The molecule has 0 heterocycles. The van der Waals surface area contributed by atoms with Crippen LogP contribution in [0.25, 0.3) is 0 Å². The zero-order chi connectivity index (χ0) is 6.95. The van der Waals surface area contributed by atoms with Crippen LogP contribution in [0.2, 0.25) is 0 Å². The van der Waals surface area contributed by atoms with Crippen LogP contribution in [0.5, 0.6) is 0 Å². The van der Waals surface area contributed by atoms with Crippen LogP contribution in [0.4, 0.5) is 0 Å². The molecule has 0 aliphatic rings. The van der Waals surface area contributed by atoms with Gasteiger partial charge in [0.05, 0.1) is 0 Å². The lowest BCUT2D eigenvalue weighted by atomic mass is 10.4. The van der Waals surface area contributed by atoms with Crippen molar-refractivity contribution in [2.45, 2.75) is 0 Å². The lowest BCUT2D eigenvalue weighted by Crippen LogP contribution is -1.47. The first-order chi connectivity index (χ1) is 4.41. The predicted molar refractivity (Wildman–Crippen MR) is 39.3 cm³/mol. The van der Waals surface area contributed by atoms with Crippen molar-refractivity contribution in [3.63, 3.8) is 0 Å². The molecule has 0 aliphatic carbocycles. The summed E-state index contributed by atoms with van der Waals surface area (Å²) in [6, 6.07) is 12.0. The van der Waals surface area contributed by atoms with Crippen molar-refractivity contribution in [3.8, 4) is 0 Å². The van der Waals surface area contributed by atoms with E-state index in [1.807, 2.05) is 36.4 Å². The molecule has 0 atom stereocenters. The van der Waals surface area contributed by atoms with E-state index in [1.165, 1.54) is 0 Å². The van der Waals surface area contributed by atoms with Crippen LogP contribution in [0.15, 0.2) is 36.4 Å². The topological polar surface area (TPSA) is 40.5 Å². The van der Waals surface area contributed by atoms with E-state index in [-0.39, 0.29) is 12.3 Å². The summed E-state index contributed by atoms with van der Waals surface area (Å²) in [5.41, 5.74) is 0. The van der Waals surface area contributed by atoms with E-state index >= 15 is 0 Å². The summed E-state index contributed by atoms with van der Waals surface area (Å²) in [4.78, 5) is 0. The summed E-state index contributed by atoms with van der Waals surface area (Å²) in [6.45, 7) is 0. The van der Waals surface area contributed by atoms with Gasteiger partial charge in [0.1, 0.15) is 0 Å². The number of benzene rings is 1. The average molecular weight is 144 g/mol. The van der Waals surface area contributed by atoms with Gasteiger partial charge in [-0.2, -0.15) is 0 Å². The van der Waals surface area contributed by atoms with Gasteiger partial charge < -0.3 is 9.11 Å². The fourth-order valence-corrected chi connectivity index (χ4v) is 0.385. The Kier molecular flexibility index (Phi) is 7.07. The molecule has 0 fully saturated rings. The fraction of sp³-hybridized carbons (Fsp3) is 0. The third-order valence-electron chi connectivity index (χ3n) is 0.667. The molecule has 0 amide bonds. The van der Waals surface area contributed by atoms with E-state index in [2.05, 4.69) is 0 Å². The molecule has 0 spiro atoms. The highest BCUT2D eigenvalue weighted by Gasteiger charge is 1.57. The molecule has 0 radical (unpaired) electrons. The van der Waals surface area contributed by atoms with Crippen LogP contribution >= 0.6 is 12.3 Å². The van der Waals surface area contributed by atoms with E-state index in [9.17, 15) is 0 Å². The molecule has 50 valence electrons. The lowest BCUT2D eigenvalue weighted by Gasteiger charge is -1.69. The van der Waals surface area contributed by atoms with Gasteiger partial charge in [-0.1, -0.05) is 36.4 Å². The highest BCUT2D eigenvalue weighted by molar-refractivity contribution is 7.87. The van der Waals surface area contributed by atoms with Gasteiger partial charge >= 0.3 is 0 Å². The molecule has 3 heteroatoms. The second-order valence-electron chi connectivity index (χ2n) is 1.24. The zero-order valence-electron chi connectivity index (χ0n) is 4.77. The summed E-state index contributed by atoms with van der Waals surface area (Å²) in [5.74, 6) is 0. The van der Waals surface area contributed by atoms with Gasteiger partial charge in [0, 0.05) is 0 Å². The van der Waals surface area contributed by atoms with E-state index < -0.39 is 0 Å². The molecule has 0 saturated heterocycles. The van der Waals surface area contributed by atoms with Gasteiger partial charge in [-0.3, -0.25) is 0 Å². The van der Waals surface area contributed by atoms with Gasteiger partial charge in [-0.05, 0) is 0 Å². The minimum absolute atomic E-state index is 0.250. The Labute approximate surface area is 58.6 Å². The van der Waals surface area contributed by atoms with E-state index in [0.717, 1.165) is 0 Å². The summed E-state index contributed by atoms with van der Waals surface area (Å²) < 4.78 is 14.1. The first kappa shape index (κ1) is 8.49. The largest absolute Gasteiger partial charge is 0.307 e. The average Bonchev–Trinajstić information content (AvgIpc) is 1.93. The van der Waals surface area contributed by atoms with Crippen molar-refractivity contribution < 1.29 is 9.11 Å². The normalized spacial score (nSPS) is 7.33. The van der Waals surface area contributed by atoms with E-state index in [0.29, 0.717) is 0 Å². The fourth-order valence-electron chi connectivity index (χ4n) is 0.385. The maximum Gasteiger partial charge on any atom is 0.152 e. The Bertz CT molecular complexity index is 93.9. The van der Waals surface area contributed by atoms with Crippen molar-refractivity contribution in [2.75, 3.05) is 0 Å². The molecule has 0 aromatic heterocycles. The van der Waals surface area contributed by atoms with Gasteiger partial charge in [0.25, 0.3) is 0 Å². The van der Waals surface area contributed by atoms with Gasteiger partial charge in [-0.15, -0.1) is 0 Å². The van der Waals surface area contributed by atoms with Crippen molar-refractivity contribution in [1.29, 1.82) is 0 Å². The molecule has 2 N–H and O–H groups in total. The molecule has 9 heavy (non-hydrogen) atoms. The number of hydrogen-bond acceptors (Lipinski definition) is 3. The van der Waals surface area contributed by atoms with Crippen LogP contribution in [-0.4, -0.2) is 9.11 Å². The first-order valence-corrected chi connectivity index (χ1v) is 3.10. The number of rotatable bonds is 0. The minimum atomic E-state index is -0.250. The second-order valence-corrected chi connectivity index (χ2v) is 1.40. The maximum atomic E-state index is 7.04. The van der Waals surface area contributed by atoms with Crippen molar-refractivity contribution in [3.05, 3.63) is 36.4 Å². The monoisotopic (exact) mass is 144 g/mol. The first-order valence-electron chi connectivity index (χ1n) is 2.37. The summed E-state index contributed by atoms with van der Waals surface area (Å²) in [6.07, 6.45) is 0. The summed E-state index contributed by atoms with van der Waals surface area (Å²) in [7, 11) is 0. The maximum absolute atomic E-state index is 7.04. The molecule has 0 unspecified atom stereocenters. The lowest BCUT2D eigenvalue weighted by molar-refractivity contribution is 0.541. The number of hydrogen-bond donors (Lipinski definition) is 2. The molecule has 0 bridgehead atoms. The molecular weight excluding hydrogens is 136 g/mol. The summed E-state index contributed by atoms with van der Waals surface area (Å²) in [5, 5.41) is 0. The zero-order valence-corrected chi connectivity index (χ0v) is 5.58.